The Morgan fingerprint density at radius 1 is 1.47 bits per heavy atom. The molecule has 3 N–H and O–H groups in total. The predicted octanol–water partition coefficient (Wildman–Crippen LogP) is 1.92. The number of aliphatic hydroxyl groups is 1. The summed E-state index contributed by atoms with van der Waals surface area (Å²) in [6.07, 6.45) is 1.82. The summed E-state index contributed by atoms with van der Waals surface area (Å²) >= 11 is 0. The van der Waals surface area contributed by atoms with Crippen molar-refractivity contribution in [1.82, 2.24) is 4.90 Å². The summed E-state index contributed by atoms with van der Waals surface area (Å²) in [5.74, 6) is 0.290. The van der Waals surface area contributed by atoms with Gasteiger partial charge in [0, 0.05) is 24.2 Å². The van der Waals surface area contributed by atoms with E-state index in [0.29, 0.717) is 17.9 Å². The zero-order valence-corrected chi connectivity index (χ0v) is 11.4. The summed E-state index contributed by atoms with van der Waals surface area (Å²) in [5, 5.41) is 9.40. The molecule has 1 fully saturated rings. The predicted molar refractivity (Wildman–Crippen MR) is 74.2 cm³/mol. The molecular weight excluding hydrogens is 243 g/mol. The van der Waals surface area contributed by atoms with Crippen LogP contribution in [0.25, 0.3) is 0 Å². The number of likely N-dealkylation sites (tertiary alicyclic amines) is 1. The Morgan fingerprint density at radius 3 is 2.89 bits per heavy atom. The van der Waals surface area contributed by atoms with Crippen LogP contribution in [0.1, 0.15) is 31.4 Å². The molecule has 2 rings (SSSR count). The molecule has 0 spiro atoms. The highest BCUT2D eigenvalue weighted by molar-refractivity contribution is 5.20. The monoisotopic (exact) mass is 266 g/mol. The number of nitrogens with two attached hydrogens (primary N) is 1. The Hall–Kier alpha value is -0.970. The van der Waals surface area contributed by atoms with Gasteiger partial charge in [-0.3, -0.25) is 4.90 Å². The Balaban J connectivity index is 1.90. The molecular formula is C15H23FN2O. The number of aliphatic hydroxyl groups excluding tert-OH is 1. The maximum atomic E-state index is 13.6. The van der Waals surface area contributed by atoms with E-state index in [-0.39, 0.29) is 24.5 Å². The lowest BCUT2D eigenvalue weighted by Gasteiger charge is -2.26. The Kier molecular flexibility index (Phi) is 4.91. The number of nitrogens with zero attached hydrogens (tertiary/aromatic N) is 1. The van der Waals surface area contributed by atoms with E-state index < -0.39 is 0 Å². The van der Waals surface area contributed by atoms with Gasteiger partial charge in [-0.1, -0.05) is 25.1 Å². The van der Waals surface area contributed by atoms with Gasteiger partial charge in [0.2, 0.25) is 0 Å². The molecule has 106 valence electrons. The third-order valence-corrected chi connectivity index (χ3v) is 4.22. The van der Waals surface area contributed by atoms with Crippen molar-refractivity contribution in [3.63, 3.8) is 0 Å². The third kappa shape index (κ3) is 3.32. The summed E-state index contributed by atoms with van der Waals surface area (Å²) in [7, 11) is 0. The molecule has 1 heterocycles. The molecule has 0 bridgehead atoms. The molecule has 1 aromatic rings. The van der Waals surface area contributed by atoms with E-state index in [9.17, 15) is 9.50 Å². The summed E-state index contributed by atoms with van der Waals surface area (Å²) < 4.78 is 13.6. The first-order chi connectivity index (χ1) is 9.13. The molecule has 0 aromatic heterocycles. The van der Waals surface area contributed by atoms with Gasteiger partial charge in [0.05, 0.1) is 6.61 Å². The first kappa shape index (κ1) is 14.4. The molecule has 0 amide bonds. The van der Waals surface area contributed by atoms with Crippen LogP contribution >= 0.6 is 0 Å². The van der Waals surface area contributed by atoms with Crippen molar-refractivity contribution in [2.75, 3.05) is 19.7 Å². The zero-order valence-electron chi connectivity index (χ0n) is 11.4. The topological polar surface area (TPSA) is 49.5 Å². The molecule has 4 heteroatoms. The number of halogens is 1. The van der Waals surface area contributed by atoms with E-state index in [1.54, 1.807) is 12.1 Å². The van der Waals surface area contributed by atoms with E-state index >= 15 is 0 Å². The van der Waals surface area contributed by atoms with E-state index in [1.165, 1.54) is 6.07 Å². The van der Waals surface area contributed by atoms with E-state index in [0.717, 1.165) is 19.5 Å². The molecule has 1 aromatic carbocycles. The van der Waals surface area contributed by atoms with Crippen LogP contribution in [0.2, 0.25) is 0 Å². The number of hydrogen-bond acceptors (Lipinski definition) is 3. The normalized spacial score (nSPS) is 25.7. The third-order valence-electron chi connectivity index (χ3n) is 4.22. The number of hydrogen-bond donors (Lipinski definition) is 2. The van der Waals surface area contributed by atoms with Crippen molar-refractivity contribution >= 4 is 0 Å². The van der Waals surface area contributed by atoms with Gasteiger partial charge in [0.1, 0.15) is 5.82 Å². The van der Waals surface area contributed by atoms with Crippen LogP contribution in [0.5, 0.6) is 0 Å². The van der Waals surface area contributed by atoms with Crippen LogP contribution in [0.15, 0.2) is 24.3 Å². The summed E-state index contributed by atoms with van der Waals surface area (Å²) in [6.45, 7) is 4.16. The smallest absolute Gasteiger partial charge is 0.127 e. The fourth-order valence-electron chi connectivity index (χ4n) is 2.90. The van der Waals surface area contributed by atoms with Crippen molar-refractivity contribution in [2.24, 2.45) is 11.7 Å². The minimum atomic E-state index is -0.281. The summed E-state index contributed by atoms with van der Waals surface area (Å²) in [6, 6.07) is 6.63. The minimum Gasteiger partial charge on any atom is -0.395 e. The van der Waals surface area contributed by atoms with E-state index in [1.807, 2.05) is 6.07 Å². The molecule has 1 aliphatic rings. The van der Waals surface area contributed by atoms with Crippen LogP contribution in [0.3, 0.4) is 0 Å². The maximum Gasteiger partial charge on any atom is 0.127 e. The second-order valence-corrected chi connectivity index (χ2v) is 5.47. The van der Waals surface area contributed by atoms with Gasteiger partial charge in [-0.2, -0.15) is 0 Å². The van der Waals surface area contributed by atoms with Gasteiger partial charge in [-0.25, -0.2) is 4.39 Å². The first-order valence-electron chi connectivity index (χ1n) is 6.98. The van der Waals surface area contributed by atoms with E-state index in [4.69, 9.17) is 5.73 Å². The maximum absolute atomic E-state index is 13.6. The van der Waals surface area contributed by atoms with Crippen molar-refractivity contribution in [3.8, 4) is 0 Å². The average Bonchev–Trinajstić information content (AvgIpc) is 2.77. The second kappa shape index (κ2) is 6.46. The van der Waals surface area contributed by atoms with Gasteiger partial charge >= 0.3 is 0 Å². The Bertz CT molecular complexity index is 413. The van der Waals surface area contributed by atoms with Crippen molar-refractivity contribution in [2.45, 2.75) is 31.8 Å². The van der Waals surface area contributed by atoms with E-state index in [2.05, 4.69) is 11.8 Å². The van der Waals surface area contributed by atoms with Gasteiger partial charge < -0.3 is 10.8 Å². The summed E-state index contributed by atoms with van der Waals surface area (Å²) in [5.41, 5.74) is 6.65. The van der Waals surface area contributed by atoms with Crippen LogP contribution in [-0.4, -0.2) is 35.7 Å². The van der Waals surface area contributed by atoms with Crippen molar-refractivity contribution < 1.29 is 9.50 Å². The van der Waals surface area contributed by atoms with Crippen LogP contribution in [0.4, 0.5) is 4.39 Å². The summed E-state index contributed by atoms with van der Waals surface area (Å²) in [4.78, 5) is 2.27. The SMILES string of the molecule is CC1CCN(CCC(N)c2ccccc2F)C1CO. The fraction of sp³-hybridized carbons (Fsp3) is 0.600. The van der Waals surface area contributed by atoms with Gasteiger partial charge in [-0.05, 0) is 31.4 Å². The molecule has 1 saturated heterocycles. The van der Waals surface area contributed by atoms with Crippen LogP contribution in [-0.2, 0) is 0 Å². The van der Waals surface area contributed by atoms with Gasteiger partial charge in [0.15, 0.2) is 0 Å². The highest BCUT2D eigenvalue weighted by atomic mass is 19.1. The van der Waals surface area contributed by atoms with Crippen LogP contribution < -0.4 is 5.73 Å². The molecule has 19 heavy (non-hydrogen) atoms. The quantitative estimate of drug-likeness (QED) is 0.856. The molecule has 1 aliphatic heterocycles. The lowest BCUT2D eigenvalue weighted by molar-refractivity contribution is 0.136. The second-order valence-electron chi connectivity index (χ2n) is 5.47. The molecule has 3 nitrogen and oxygen atoms in total. The van der Waals surface area contributed by atoms with Crippen LogP contribution in [0, 0.1) is 11.7 Å². The molecule has 0 saturated carbocycles. The van der Waals surface area contributed by atoms with Crippen molar-refractivity contribution in [3.05, 3.63) is 35.6 Å². The molecule has 0 radical (unpaired) electrons. The highest BCUT2D eigenvalue weighted by Crippen LogP contribution is 2.25. The largest absolute Gasteiger partial charge is 0.395 e. The number of benzene rings is 1. The van der Waals surface area contributed by atoms with Gasteiger partial charge in [-0.15, -0.1) is 0 Å². The lowest BCUT2D eigenvalue weighted by Crippen LogP contribution is -2.37. The highest BCUT2D eigenvalue weighted by Gasteiger charge is 2.30. The first-order valence-corrected chi connectivity index (χ1v) is 6.98. The molecule has 3 atom stereocenters. The fourth-order valence-corrected chi connectivity index (χ4v) is 2.90. The molecule has 0 aliphatic carbocycles. The standard InChI is InChI=1S/C15H23FN2O/c1-11-6-8-18(15(11)10-19)9-7-14(17)12-4-2-3-5-13(12)16/h2-5,11,14-15,19H,6-10,17H2,1H3. The van der Waals surface area contributed by atoms with Crippen molar-refractivity contribution in [1.29, 1.82) is 0 Å². The van der Waals surface area contributed by atoms with Gasteiger partial charge in [0.25, 0.3) is 0 Å². The Labute approximate surface area is 114 Å². The minimum absolute atomic E-state index is 0.191. The number of rotatable bonds is 5. The Morgan fingerprint density at radius 2 is 2.21 bits per heavy atom. The average molecular weight is 266 g/mol. The molecule has 3 unspecified atom stereocenters. The lowest BCUT2D eigenvalue weighted by atomic mass is 10.0. The zero-order chi connectivity index (χ0) is 13.8.